The molecule has 0 amide bonds. The van der Waals surface area contributed by atoms with Crippen molar-refractivity contribution in [3.05, 3.63) is 59.7 Å². The fourth-order valence-corrected chi connectivity index (χ4v) is 2.67. The van der Waals surface area contributed by atoms with Crippen molar-refractivity contribution in [3.8, 4) is 23.0 Å². The van der Waals surface area contributed by atoms with E-state index in [1.54, 1.807) is 36.4 Å². The number of esters is 2. The van der Waals surface area contributed by atoms with Crippen molar-refractivity contribution in [2.75, 3.05) is 41.7 Å². The Hall–Kier alpha value is -4.27. The molecule has 0 aliphatic heterocycles. The third kappa shape index (κ3) is 8.01. The summed E-state index contributed by atoms with van der Waals surface area (Å²) in [5, 5.41) is 0. The van der Waals surface area contributed by atoms with Crippen molar-refractivity contribution in [1.82, 2.24) is 0 Å². The van der Waals surface area contributed by atoms with Gasteiger partial charge in [0.2, 0.25) is 5.78 Å². The van der Waals surface area contributed by atoms with E-state index in [1.165, 1.54) is 40.6 Å². The summed E-state index contributed by atoms with van der Waals surface area (Å²) in [7, 11) is 6.05. The van der Waals surface area contributed by atoms with Gasteiger partial charge in [0.25, 0.3) is 0 Å². The molecule has 0 saturated carbocycles. The second-order valence-corrected chi connectivity index (χ2v) is 6.64. The lowest BCUT2D eigenvalue weighted by atomic mass is 10.2. The van der Waals surface area contributed by atoms with Crippen molar-refractivity contribution in [3.63, 3.8) is 0 Å². The molecule has 2 aromatic rings. The number of carbonyl (C=O) groups excluding carboxylic acids is 3. The molecule has 0 N–H and O–H groups in total. The standard InChI is InChI=1S/C25H26O9/c1-29-20-9-5-17(22(13-20)31-3)7-11-24(27)33-15-19(26)16-34-25(28)12-8-18-6-10-21(30-2)14-23(18)32-4/h5-14H,15-16H2,1-4H3/b11-7+,12-8+. The molecule has 0 aliphatic rings. The Morgan fingerprint density at radius 2 is 1.06 bits per heavy atom. The lowest BCUT2D eigenvalue weighted by Crippen LogP contribution is -2.19. The minimum Gasteiger partial charge on any atom is -0.497 e. The van der Waals surface area contributed by atoms with Crippen LogP contribution in [0.3, 0.4) is 0 Å². The molecule has 0 aromatic heterocycles. The number of benzene rings is 2. The third-order valence-electron chi connectivity index (χ3n) is 4.43. The molecule has 0 bridgehead atoms. The summed E-state index contributed by atoms with van der Waals surface area (Å²) in [5.74, 6) is 0.184. The third-order valence-corrected chi connectivity index (χ3v) is 4.43. The Bertz CT molecular complexity index is 987. The predicted octanol–water partition coefficient (Wildman–Crippen LogP) is 3.10. The highest BCUT2D eigenvalue weighted by Gasteiger charge is 2.10. The maximum Gasteiger partial charge on any atom is 0.331 e. The lowest BCUT2D eigenvalue weighted by molar-refractivity contribution is -0.148. The van der Waals surface area contributed by atoms with Crippen molar-refractivity contribution in [2.45, 2.75) is 0 Å². The van der Waals surface area contributed by atoms with Crippen LogP contribution in [0.15, 0.2) is 48.6 Å². The second-order valence-electron chi connectivity index (χ2n) is 6.64. The highest BCUT2D eigenvalue weighted by molar-refractivity contribution is 5.92. The van der Waals surface area contributed by atoms with Crippen LogP contribution in [0.25, 0.3) is 12.2 Å². The van der Waals surface area contributed by atoms with Crippen molar-refractivity contribution < 1.29 is 42.8 Å². The first kappa shape index (κ1) is 26.0. The second kappa shape index (κ2) is 13.3. The smallest absolute Gasteiger partial charge is 0.331 e. The van der Waals surface area contributed by atoms with Crippen LogP contribution in [-0.4, -0.2) is 59.4 Å². The zero-order chi connectivity index (χ0) is 24.9. The van der Waals surface area contributed by atoms with E-state index in [0.717, 1.165) is 12.2 Å². The maximum absolute atomic E-state index is 11.9. The molecule has 180 valence electrons. The number of ether oxygens (including phenoxy) is 6. The largest absolute Gasteiger partial charge is 0.497 e. The zero-order valence-corrected chi connectivity index (χ0v) is 19.4. The summed E-state index contributed by atoms with van der Waals surface area (Å²) < 4.78 is 30.5. The van der Waals surface area contributed by atoms with Crippen LogP contribution in [-0.2, 0) is 23.9 Å². The van der Waals surface area contributed by atoms with E-state index < -0.39 is 30.9 Å². The molecule has 34 heavy (non-hydrogen) atoms. The Morgan fingerprint density at radius 3 is 1.41 bits per heavy atom. The number of rotatable bonds is 12. The number of hydrogen-bond acceptors (Lipinski definition) is 9. The minimum absolute atomic E-state index is 0.506. The summed E-state index contributed by atoms with van der Waals surface area (Å²) >= 11 is 0. The average Bonchev–Trinajstić information content (AvgIpc) is 2.87. The molecule has 0 radical (unpaired) electrons. The Kier molecular flexibility index (Phi) is 10.2. The molecular formula is C25H26O9. The Morgan fingerprint density at radius 1 is 0.647 bits per heavy atom. The minimum atomic E-state index is -0.732. The molecule has 0 atom stereocenters. The van der Waals surface area contributed by atoms with Crippen LogP contribution in [0.2, 0.25) is 0 Å². The summed E-state index contributed by atoms with van der Waals surface area (Å²) in [6, 6.07) is 10.2. The molecule has 9 heteroatoms. The van der Waals surface area contributed by atoms with Crippen LogP contribution < -0.4 is 18.9 Å². The number of ketones is 1. The number of methoxy groups -OCH3 is 4. The van der Waals surface area contributed by atoms with E-state index in [9.17, 15) is 14.4 Å². The van der Waals surface area contributed by atoms with Crippen LogP contribution in [0.5, 0.6) is 23.0 Å². The van der Waals surface area contributed by atoms with Crippen molar-refractivity contribution >= 4 is 29.9 Å². The molecule has 0 unspecified atom stereocenters. The summed E-state index contributed by atoms with van der Waals surface area (Å²) in [6.45, 7) is -1.07. The summed E-state index contributed by atoms with van der Waals surface area (Å²) in [4.78, 5) is 35.6. The fourth-order valence-electron chi connectivity index (χ4n) is 2.67. The van der Waals surface area contributed by atoms with Gasteiger partial charge in [-0.15, -0.1) is 0 Å². The molecule has 0 fully saturated rings. The topological polar surface area (TPSA) is 107 Å². The molecule has 0 saturated heterocycles. The van der Waals surface area contributed by atoms with Gasteiger partial charge in [-0.25, -0.2) is 9.59 Å². The number of carbonyl (C=O) groups is 3. The Labute approximate surface area is 197 Å². The van der Waals surface area contributed by atoms with E-state index >= 15 is 0 Å². The van der Waals surface area contributed by atoms with Gasteiger partial charge in [0.15, 0.2) is 13.2 Å². The van der Waals surface area contributed by atoms with Gasteiger partial charge in [-0.2, -0.15) is 0 Å². The van der Waals surface area contributed by atoms with Gasteiger partial charge in [0.1, 0.15) is 23.0 Å². The molecule has 2 aromatic carbocycles. The highest BCUT2D eigenvalue weighted by atomic mass is 16.6. The van der Waals surface area contributed by atoms with E-state index in [4.69, 9.17) is 28.4 Å². The van der Waals surface area contributed by atoms with Crippen LogP contribution >= 0.6 is 0 Å². The van der Waals surface area contributed by atoms with Crippen molar-refractivity contribution in [1.29, 1.82) is 0 Å². The van der Waals surface area contributed by atoms with E-state index in [0.29, 0.717) is 34.1 Å². The van der Waals surface area contributed by atoms with Gasteiger partial charge in [0.05, 0.1) is 28.4 Å². The molecule has 9 nitrogen and oxygen atoms in total. The first-order valence-corrected chi connectivity index (χ1v) is 10.1. The van der Waals surface area contributed by atoms with Gasteiger partial charge < -0.3 is 28.4 Å². The van der Waals surface area contributed by atoms with E-state index in [-0.39, 0.29) is 0 Å². The first-order valence-electron chi connectivity index (χ1n) is 10.1. The molecule has 0 aliphatic carbocycles. The zero-order valence-electron chi connectivity index (χ0n) is 19.4. The van der Waals surface area contributed by atoms with Crippen molar-refractivity contribution in [2.24, 2.45) is 0 Å². The number of Topliss-reactive ketones (excluding diaryl/α,β-unsaturated/α-hetero) is 1. The van der Waals surface area contributed by atoms with E-state index in [1.807, 2.05) is 0 Å². The SMILES string of the molecule is COc1ccc(/C=C/C(=O)OCC(=O)COC(=O)/C=C/c2ccc(OC)cc2OC)c(OC)c1. The maximum atomic E-state index is 11.9. The van der Waals surface area contributed by atoms with Crippen LogP contribution in [0.1, 0.15) is 11.1 Å². The average molecular weight is 470 g/mol. The first-order chi connectivity index (χ1) is 16.4. The van der Waals surface area contributed by atoms with Crippen LogP contribution in [0, 0.1) is 0 Å². The lowest BCUT2D eigenvalue weighted by Gasteiger charge is -2.07. The Balaban J connectivity index is 1.80. The molecule has 0 heterocycles. The number of hydrogen-bond donors (Lipinski definition) is 0. The van der Waals surface area contributed by atoms with Gasteiger partial charge in [-0.3, -0.25) is 4.79 Å². The fraction of sp³-hybridized carbons (Fsp3) is 0.240. The van der Waals surface area contributed by atoms with Gasteiger partial charge in [0, 0.05) is 35.4 Å². The monoisotopic (exact) mass is 470 g/mol. The predicted molar refractivity (Wildman–Crippen MR) is 124 cm³/mol. The van der Waals surface area contributed by atoms with Gasteiger partial charge in [-0.1, -0.05) is 0 Å². The summed E-state index contributed by atoms with van der Waals surface area (Å²) in [6.07, 6.45) is 5.30. The summed E-state index contributed by atoms with van der Waals surface area (Å²) in [5.41, 5.74) is 1.25. The van der Waals surface area contributed by atoms with Crippen LogP contribution in [0.4, 0.5) is 0 Å². The molecule has 0 spiro atoms. The normalized spacial score (nSPS) is 10.7. The molecule has 2 rings (SSSR count). The van der Waals surface area contributed by atoms with E-state index in [2.05, 4.69) is 0 Å². The quantitative estimate of drug-likeness (QED) is 0.342. The highest BCUT2D eigenvalue weighted by Crippen LogP contribution is 2.26. The van der Waals surface area contributed by atoms with Gasteiger partial charge in [-0.05, 0) is 36.4 Å². The van der Waals surface area contributed by atoms with Gasteiger partial charge >= 0.3 is 11.9 Å². The molecular weight excluding hydrogens is 444 g/mol.